The summed E-state index contributed by atoms with van der Waals surface area (Å²) in [7, 11) is 0. The molecule has 2 aromatic heterocycles. The van der Waals surface area contributed by atoms with Crippen molar-refractivity contribution in [2.24, 2.45) is 52.5 Å². The number of thioether (sulfide) groups is 1. The van der Waals surface area contributed by atoms with E-state index < -0.39 is 297 Å². The van der Waals surface area contributed by atoms with Crippen LogP contribution in [0.3, 0.4) is 0 Å². The number of aliphatic hydroxyl groups excluding tert-OH is 2. The number of hydrogen-bond donors (Lipinski definition) is 26. The Kier molecular flexibility index (Phi) is 50.9. The van der Waals surface area contributed by atoms with Crippen LogP contribution in [0.2, 0.25) is 0 Å². The number of nitrogens with zero attached hydrogens (tertiary/aromatic N) is 2. The quantitative estimate of drug-likeness (QED) is 0.0185. The number of nitrogens with two attached hydrogens (primary N) is 4. The second-order valence-corrected chi connectivity index (χ2v) is 37.6. The summed E-state index contributed by atoms with van der Waals surface area (Å²) in [6.45, 7) is 13.3. The Labute approximate surface area is 836 Å². The summed E-state index contributed by atoms with van der Waals surface area (Å²) in [5, 5.41) is 79.7. The maximum atomic E-state index is 14.8. The number of aliphatic hydroxyl groups is 2. The van der Waals surface area contributed by atoms with Gasteiger partial charge in [-0.1, -0.05) is 124 Å². The first-order valence-electron chi connectivity index (χ1n) is 47.4. The maximum Gasteiger partial charge on any atom is 0.407 e. The number of imidazole rings is 2. The van der Waals surface area contributed by atoms with E-state index in [1.54, 1.807) is 54.7 Å². The molecule has 0 fully saturated rings. The highest BCUT2D eigenvalue weighted by atomic mass is 32.2. The highest BCUT2D eigenvalue weighted by Gasteiger charge is 2.42. The highest BCUT2D eigenvalue weighted by Crippen LogP contribution is 2.44. The molecule has 19 amide bonds. The summed E-state index contributed by atoms with van der Waals surface area (Å²) in [5.74, 6) is -24.9. The number of rotatable bonds is 66. The van der Waals surface area contributed by atoms with E-state index in [2.05, 4.69) is 105 Å². The van der Waals surface area contributed by atoms with Crippen LogP contribution in [0.25, 0.3) is 11.1 Å². The van der Waals surface area contributed by atoms with Gasteiger partial charge in [0.25, 0.3) is 0 Å². The number of carboxylic acid groups (broad SMARTS) is 2. The van der Waals surface area contributed by atoms with Crippen molar-refractivity contribution in [3.63, 3.8) is 0 Å². The molecule has 794 valence electrons. The monoisotopic (exact) mass is 2040 g/mol. The lowest BCUT2D eigenvalue weighted by atomic mass is 9.96. The van der Waals surface area contributed by atoms with Gasteiger partial charge < -0.3 is 143 Å². The van der Waals surface area contributed by atoms with Gasteiger partial charge in [0.05, 0.1) is 56.6 Å². The number of amides is 19. The van der Waals surface area contributed by atoms with Crippen molar-refractivity contribution in [1.82, 2.24) is 105 Å². The van der Waals surface area contributed by atoms with Crippen molar-refractivity contribution in [3.8, 4) is 11.1 Å². The SMILES string of the molecule is CC[C@H](C)[C@H](NC(=O)[C@H](CCC(=O)O)NC(=O)[C@H](CO)NC(=O)[C@@H](NC(=O)[C@H](CO)NC(=O)OCC1c2ccccc2-c2ccccc21)C(C)C)C(=O)N[C@@H](CCC(N)=O)C(=O)N[C@@H](CC(C)C)C(=O)N[C@@H](CCSC)C(=O)N[C@@H](Cc1c[nH]cn1)C(=O)N[C@@H](CC(N)=O)C(=O)N[C@@H](CC(C)C)C(=O)NCC(=O)N[C@@H](CCCCN)C(=O)N[C@@H](Cc1c[nH]cn1)C(=O)N[C@@H](CC(C)C)C(=O)N[C@@H](CC(N)=O)C(=O)O. The minimum atomic E-state index is -1.91. The number of aromatic nitrogens is 4. The van der Waals surface area contributed by atoms with Gasteiger partial charge in [-0.25, -0.2) is 19.6 Å². The third kappa shape index (κ3) is 40.6. The number of primary amides is 3. The summed E-state index contributed by atoms with van der Waals surface area (Å²) in [4.78, 5) is 303. The van der Waals surface area contributed by atoms with Crippen molar-refractivity contribution in [1.29, 1.82) is 0 Å². The zero-order valence-corrected chi connectivity index (χ0v) is 83.3. The largest absolute Gasteiger partial charge is 0.481 e. The number of ether oxygens (including phenoxy) is 1. The lowest BCUT2D eigenvalue weighted by molar-refractivity contribution is -0.144. The standard InChI is InChI=1S/C93H140N24O26S/c1-12-50(10)77(117-82(130)60(25-27-75(124)125)104-88(136)69(41-118)114-90(138)76(49(8)9)116-89(137)70(42-119)115-93(142)143-43-57-55-21-15-13-19-53(55)54-20-14-16-22-56(54)57)91(139)106-59(24-26-71(95)120)80(128)108-63(32-47(4)5)83(131)105-61(28-30-144-11)81(129)111-66(35-52-39-99-45-102-52)86(134)112-67(36-72(96)121)87(135)107-62(31-46(2)3)78(126)100-40-74(123)103-58(23-17-18-29-94)79(127)110-65(34-51-38-98-44-101-51)85(133)109-64(33-48(6)7)84(132)113-68(92(140)141)37-73(97)122/h13-16,19-22,38-39,44-50,57-70,76-77,118-119H,12,17-18,23-37,40-43,94H2,1-11H3,(H2,95,120)(H2,96,121)(H2,97,122)(H,98,101)(H,99,102)(H,100,126)(H,103,123)(H,104,136)(H,105,131)(H,106,139)(H,107,135)(H,108,128)(H,109,133)(H,110,127)(H,111,129)(H,112,134)(H,113,132)(H,114,138)(H,115,142)(H,116,137)(H,117,130)(H,124,125)(H,140,141)/t50-,58-,59-,60-,61-,62-,63-,64-,65-,66-,67-,68-,69-,70-,76-,77-/m0/s1. The average Bonchev–Trinajstić information content (AvgIpc) is 1.61. The predicted molar refractivity (Wildman–Crippen MR) is 520 cm³/mol. The number of carboxylic acids is 2. The fourth-order valence-electron chi connectivity index (χ4n) is 15.3. The van der Waals surface area contributed by atoms with Crippen LogP contribution in [0.1, 0.15) is 188 Å². The zero-order valence-electron chi connectivity index (χ0n) is 82.5. The van der Waals surface area contributed by atoms with Crippen molar-refractivity contribution < 1.29 is 126 Å². The third-order valence-electron chi connectivity index (χ3n) is 23.1. The number of carbonyl (C=O) groups is 21. The van der Waals surface area contributed by atoms with Gasteiger partial charge in [-0.15, -0.1) is 0 Å². The number of unbranched alkanes of at least 4 members (excludes halogenated alkanes) is 1. The van der Waals surface area contributed by atoms with E-state index in [0.29, 0.717) is 6.42 Å². The molecule has 50 nitrogen and oxygen atoms in total. The normalized spacial score (nSPS) is 14.9. The Bertz CT molecular complexity index is 5000. The number of aromatic amines is 2. The third-order valence-corrected chi connectivity index (χ3v) is 23.8. The van der Waals surface area contributed by atoms with E-state index in [-0.39, 0.29) is 99.4 Å². The van der Waals surface area contributed by atoms with Crippen LogP contribution in [-0.2, 0) is 113 Å². The van der Waals surface area contributed by atoms with E-state index >= 15 is 0 Å². The zero-order chi connectivity index (χ0) is 107. The van der Waals surface area contributed by atoms with Crippen LogP contribution in [0.15, 0.2) is 73.6 Å². The fraction of sp³-hybridized carbons (Fsp3) is 0.581. The fourth-order valence-corrected chi connectivity index (χ4v) is 15.8. The Morgan fingerprint density at radius 2 is 0.792 bits per heavy atom. The lowest BCUT2D eigenvalue weighted by Crippen LogP contribution is -2.62. The van der Waals surface area contributed by atoms with E-state index in [9.17, 15) is 121 Å². The molecule has 2 heterocycles. The van der Waals surface area contributed by atoms with Crippen molar-refractivity contribution in [2.75, 3.05) is 44.9 Å². The molecular formula is C93H140N24O26S. The average molecular weight is 2040 g/mol. The Morgan fingerprint density at radius 1 is 0.417 bits per heavy atom. The molecule has 0 saturated carbocycles. The molecule has 4 aromatic rings. The molecule has 1 aliphatic rings. The Hall–Kier alpha value is -14.2. The molecule has 16 atom stereocenters. The highest BCUT2D eigenvalue weighted by molar-refractivity contribution is 7.98. The first-order valence-corrected chi connectivity index (χ1v) is 48.8. The Morgan fingerprint density at radius 3 is 1.23 bits per heavy atom. The molecule has 0 bridgehead atoms. The molecule has 5 rings (SSSR count). The molecule has 0 unspecified atom stereocenters. The predicted octanol–water partition coefficient (Wildman–Crippen LogP) is -4.60. The van der Waals surface area contributed by atoms with E-state index in [0.717, 1.165) is 22.3 Å². The first kappa shape index (κ1) is 120. The lowest BCUT2D eigenvalue weighted by Gasteiger charge is -2.30. The van der Waals surface area contributed by atoms with E-state index in [1.807, 2.05) is 48.5 Å². The smallest absolute Gasteiger partial charge is 0.407 e. The second-order valence-electron chi connectivity index (χ2n) is 36.6. The molecular weight excluding hydrogens is 1900 g/mol. The van der Waals surface area contributed by atoms with E-state index in [4.69, 9.17) is 27.7 Å². The van der Waals surface area contributed by atoms with Crippen molar-refractivity contribution in [3.05, 3.63) is 96.1 Å². The van der Waals surface area contributed by atoms with Crippen LogP contribution in [0.4, 0.5) is 4.79 Å². The number of benzene rings is 2. The molecule has 0 spiro atoms. The molecule has 0 aliphatic heterocycles. The molecule has 1 aliphatic carbocycles. The van der Waals surface area contributed by atoms with Crippen molar-refractivity contribution in [2.45, 2.75) is 269 Å². The van der Waals surface area contributed by atoms with Gasteiger partial charge >= 0.3 is 18.0 Å². The Balaban J connectivity index is 1.30. The number of nitrogens with one attached hydrogen (secondary N) is 18. The summed E-state index contributed by atoms with van der Waals surface area (Å²) in [6.07, 6.45) is 1.13. The van der Waals surface area contributed by atoms with Gasteiger partial charge in [-0.05, 0) is 128 Å². The number of H-pyrrole nitrogens is 2. The molecule has 0 radical (unpaired) electrons. The second kappa shape index (κ2) is 60.9. The van der Waals surface area contributed by atoms with Gasteiger partial charge in [0.2, 0.25) is 106 Å². The van der Waals surface area contributed by atoms with Crippen LogP contribution < -0.4 is 108 Å². The summed E-state index contributed by atoms with van der Waals surface area (Å²) < 4.78 is 5.55. The van der Waals surface area contributed by atoms with Crippen molar-refractivity contribution >= 4 is 136 Å². The number of fused-ring (bicyclic) bond motifs is 3. The van der Waals surface area contributed by atoms with Crippen LogP contribution in [-0.4, -0.2) is 300 Å². The maximum absolute atomic E-state index is 14.8. The molecule has 0 saturated heterocycles. The van der Waals surface area contributed by atoms with Gasteiger partial charge in [0.1, 0.15) is 97.2 Å². The van der Waals surface area contributed by atoms with Gasteiger partial charge in [0.15, 0.2) is 0 Å². The molecule has 2 aromatic carbocycles. The van der Waals surface area contributed by atoms with Gasteiger partial charge in [0, 0.05) is 44.0 Å². The van der Waals surface area contributed by atoms with Gasteiger partial charge in [-0.2, -0.15) is 11.8 Å². The van der Waals surface area contributed by atoms with Gasteiger partial charge in [-0.3, -0.25) is 91.1 Å². The minimum absolute atomic E-state index is 0.0478. The summed E-state index contributed by atoms with van der Waals surface area (Å²) in [5.41, 5.74) is 26.3. The topological polar surface area (TPSA) is 803 Å². The molecule has 51 heteroatoms. The molecule has 144 heavy (non-hydrogen) atoms. The molecule has 30 N–H and O–H groups in total. The number of aliphatic carboxylic acids is 2. The van der Waals surface area contributed by atoms with Crippen LogP contribution in [0.5, 0.6) is 0 Å². The minimum Gasteiger partial charge on any atom is -0.481 e. The van der Waals surface area contributed by atoms with E-state index in [1.165, 1.54) is 57.6 Å². The van der Waals surface area contributed by atoms with Crippen LogP contribution >= 0.6 is 11.8 Å². The number of alkyl carbamates (subject to hydrolysis) is 1. The summed E-state index contributed by atoms with van der Waals surface area (Å²) >= 11 is 1.24. The van der Waals surface area contributed by atoms with Crippen LogP contribution in [0, 0.1) is 29.6 Å². The summed E-state index contributed by atoms with van der Waals surface area (Å²) in [6, 6.07) is -9.57. The number of hydrogen-bond acceptors (Lipinski definition) is 28. The first-order chi connectivity index (χ1) is 68.1. The number of carbonyl (C=O) groups excluding carboxylic acids is 19.